The molecule has 0 fully saturated rings. The topological polar surface area (TPSA) is 105 Å². The number of carbonyl (C=O) groups is 1. The van der Waals surface area contributed by atoms with Crippen molar-refractivity contribution in [2.75, 3.05) is 27.2 Å². The maximum atomic E-state index is 13.3. The van der Waals surface area contributed by atoms with E-state index >= 15 is 0 Å². The molecule has 0 unspecified atom stereocenters. The minimum atomic E-state index is -0.195. The lowest BCUT2D eigenvalue weighted by Crippen LogP contribution is -2.50. The van der Waals surface area contributed by atoms with Crippen molar-refractivity contribution < 1.29 is 9.36 Å². The molecule has 1 aromatic carbocycles. The third-order valence-electron chi connectivity index (χ3n) is 7.84. The van der Waals surface area contributed by atoms with Crippen LogP contribution in [-0.2, 0) is 30.8 Å². The molecule has 0 radical (unpaired) electrons. The van der Waals surface area contributed by atoms with Gasteiger partial charge in [0.25, 0.3) is 0 Å². The van der Waals surface area contributed by atoms with Crippen molar-refractivity contribution in [3.63, 3.8) is 0 Å². The lowest BCUT2D eigenvalue weighted by atomic mass is 9.97. The van der Waals surface area contributed by atoms with Gasteiger partial charge in [-0.3, -0.25) is 9.48 Å². The second-order valence-electron chi connectivity index (χ2n) is 11.3. The lowest BCUT2D eigenvalue weighted by molar-refractivity contribution is -0.679. The molecule has 11 nitrogen and oxygen atoms in total. The predicted molar refractivity (Wildman–Crippen MR) is 154 cm³/mol. The zero-order valence-corrected chi connectivity index (χ0v) is 24.2. The first-order valence-electron chi connectivity index (χ1n) is 14.3. The molecule has 212 valence electrons. The van der Waals surface area contributed by atoms with Gasteiger partial charge in [0.15, 0.2) is 5.36 Å². The maximum absolute atomic E-state index is 13.3. The second-order valence-corrected chi connectivity index (χ2v) is 11.3. The number of hydrogen-bond acceptors (Lipinski definition) is 7. The number of hydrogen-bond donors (Lipinski definition) is 0. The van der Waals surface area contributed by atoms with Crippen LogP contribution in [0.5, 0.6) is 0 Å². The van der Waals surface area contributed by atoms with Crippen LogP contribution in [0.25, 0.3) is 17.6 Å². The molecule has 0 N–H and O–H groups in total. The Kier molecular flexibility index (Phi) is 7.21. The molecule has 0 atom stereocenters. The zero-order chi connectivity index (χ0) is 28.7. The fraction of sp³-hybridized carbons (Fsp3) is 0.433. The Morgan fingerprint density at radius 2 is 2.00 bits per heavy atom. The Morgan fingerprint density at radius 1 is 1.15 bits per heavy atom. The highest BCUT2D eigenvalue weighted by atomic mass is 16.2. The van der Waals surface area contributed by atoms with E-state index in [9.17, 15) is 9.59 Å². The third kappa shape index (κ3) is 5.17. The van der Waals surface area contributed by atoms with Gasteiger partial charge in [0.1, 0.15) is 5.69 Å². The zero-order valence-electron chi connectivity index (χ0n) is 24.2. The number of carbonyl (C=O) groups excluding carboxylic acids is 1. The van der Waals surface area contributed by atoms with E-state index in [1.807, 2.05) is 40.8 Å². The molecule has 11 heteroatoms. The van der Waals surface area contributed by atoms with Gasteiger partial charge in [-0.1, -0.05) is 38.0 Å². The van der Waals surface area contributed by atoms with Gasteiger partial charge in [-0.15, -0.1) is 4.40 Å². The molecule has 0 bridgehead atoms. The number of likely N-dealkylation sites (N-methyl/N-ethyl adjacent to an activating group) is 1. The molecule has 5 heterocycles. The van der Waals surface area contributed by atoms with Crippen LogP contribution in [0, 0.1) is 6.92 Å². The highest BCUT2D eigenvalue weighted by Gasteiger charge is 2.28. The van der Waals surface area contributed by atoms with Crippen LogP contribution < -0.4 is 15.5 Å². The average Bonchev–Trinajstić information content (AvgIpc) is 3.69. The fourth-order valence-electron chi connectivity index (χ4n) is 5.69. The maximum Gasteiger partial charge on any atom is 0.431 e. The number of fused-ring (bicyclic) bond motifs is 3. The molecule has 2 aliphatic rings. The molecular weight excluding hydrogens is 518 g/mol. The molecule has 6 rings (SSSR count). The van der Waals surface area contributed by atoms with Gasteiger partial charge in [-0.25, -0.2) is 14.4 Å². The van der Waals surface area contributed by atoms with E-state index in [1.165, 1.54) is 11.1 Å². The number of nitrogens with zero attached hydrogens (tertiary/aromatic N) is 9. The van der Waals surface area contributed by atoms with Gasteiger partial charge < -0.3 is 9.80 Å². The summed E-state index contributed by atoms with van der Waals surface area (Å²) in [5.74, 6) is 1.29. The van der Waals surface area contributed by atoms with Crippen LogP contribution in [0.4, 0.5) is 0 Å². The molecule has 1 amide bonds. The number of unbranched alkanes of at least 4 members (excludes halogenated alkanes) is 2. The highest BCUT2D eigenvalue weighted by molar-refractivity contribution is 5.81. The van der Waals surface area contributed by atoms with Crippen LogP contribution in [0.15, 0.2) is 40.4 Å². The summed E-state index contributed by atoms with van der Waals surface area (Å²) in [6, 6.07) is 6.48. The molecule has 41 heavy (non-hydrogen) atoms. The molecule has 3 aromatic heterocycles. The summed E-state index contributed by atoms with van der Waals surface area (Å²) in [5, 5.41) is 13.5. The molecule has 0 saturated carbocycles. The number of aromatic nitrogens is 6. The van der Waals surface area contributed by atoms with Crippen molar-refractivity contribution in [3.05, 3.63) is 80.1 Å². The van der Waals surface area contributed by atoms with Crippen LogP contribution in [-0.4, -0.2) is 67.3 Å². The highest BCUT2D eigenvalue weighted by Crippen LogP contribution is 2.23. The quantitative estimate of drug-likeness (QED) is 0.229. The first-order valence-corrected chi connectivity index (χ1v) is 14.3. The molecule has 2 aliphatic heterocycles. The van der Waals surface area contributed by atoms with Crippen molar-refractivity contribution in [1.29, 1.82) is 0 Å². The molecule has 4 aromatic rings. The first kappa shape index (κ1) is 26.9. The lowest BCUT2D eigenvalue weighted by Gasteiger charge is -2.30. The van der Waals surface area contributed by atoms with E-state index in [0.717, 1.165) is 61.3 Å². The predicted octanol–water partition coefficient (Wildman–Crippen LogP) is 1.42. The minimum absolute atomic E-state index is 0.166. The third-order valence-corrected chi connectivity index (χ3v) is 7.84. The Labute approximate surface area is 238 Å². The summed E-state index contributed by atoms with van der Waals surface area (Å²) >= 11 is 0. The van der Waals surface area contributed by atoms with Crippen molar-refractivity contribution in [3.8, 4) is 0 Å². The molecule has 0 saturated heterocycles. The van der Waals surface area contributed by atoms with Crippen LogP contribution in [0.3, 0.4) is 0 Å². The average molecular weight is 555 g/mol. The Balaban J connectivity index is 1.22. The number of aryl methyl sites for hydroxylation is 2. The monoisotopic (exact) mass is 554 g/mol. The SMILES string of the molecule is CCCCC[n+]1c2c(c(=O)n3c(C)nnc31)=NC(c1cnn(Cc3ccc4c(c3)CCN(C(=O)CN(C)C)C4)c1)=C2. The fourth-order valence-corrected chi connectivity index (χ4v) is 5.69. The molecule has 0 spiro atoms. The smallest absolute Gasteiger partial charge is 0.337 e. The van der Waals surface area contributed by atoms with Crippen molar-refractivity contribution in [1.82, 2.24) is 34.2 Å². The Hall–Kier alpha value is -4.25. The second kappa shape index (κ2) is 11.0. The Bertz CT molecular complexity index is 1780. The van der Waals surface area contributed by atoms with Crippen LogP contribution >= 0.6 is 0 Å². The molecule has 0 aliphatic carbocycles. The summed E-state index contributed by atoms with van der Waals surface area (Å²) < 4.78 is 5.53. The van der Waals surface area contributed by atoms with E-state index < -0.39 is 0 Å². The van der Waals surface area contributed by atoms with Crippen LogP contribution in [0.1, 0.15) is 60.0 Å². The van der Waals surface area contributed by atoms with Crippen LogP contribution in [0.2, 0.25) is 0 Å². The largest absolute Gasteiger partial charge is 0.431 e. The van der Waals surface area contributed by atoms with Gasteiger partial charge >= 0.3 is 11.3 Å². The van der Waals surface area contributed by atoms with E-state index in [1.54, 1.807) is 17.5 Å². The van der Waals surface area contributed by atoms with Gasteiger partial charge in [-0.2, -0.15) is 5.10 Å². The summed E-state index contributed by atoms with van der Waals surface area (Å²) in [6.45, 7) is 7.17. The summed E-state index contributed by atoms with van der Waals surface area (Å²) in [5.41, 5.74) is 5.82. The van der Waals surface area contributed by atoms with Gasteiger partial charge in [0.05, 0.1) is 31.5 Å². The van der Waals surface area contributed by atoms with Crippen molar-refractivity contribution in [2.24, 2.45) is 4.99 Å². The number of amides is 1. The van der Waals surface area contributed by atoms with E-state index in [0.29, 0.717) is 36.6 Å². The van der Waals surface area contributed by atoms with E-state index in [-0.39, 0.29) is 11.5 Å². The van der Waals surface area contributed by atoms with E-state index in [2.05, 4.69) is 45.0 Å². The van der Waals surface area contributed by atoms with Gasteiger partial charge in [0, 0.05) is 42.9 Å². The normalized spacial score (nSPS) is 14.4. The molecular formula is C30H36N9O2+. The van der Waals surface area contributed by atoms with Crippen molar-refractivity contribution in [2.45, 2.75) is 59.2 Å². The first-order chi connectivity index (χ1) is 19.8. The van der Waals surface area contributed by atoms with Crippen molar-refractivity contribution >= 4 is 23.5 Å². The summed E-state index contributed by atoms with van der Waals surface area (Å²) in [7, 11) is 3.84. The summed E-state index contributed by atoms with van der Waals surface area (Å²) in [6.07, 6.45) is 9.79. The summed E-state index contributed by atoms with van der Waals surface area (Å²) in [4.78, 5) is 34.4. The standard InChI is InChI=1S/C30H36N9O2/c1-5-6-7-11-38-26-14-25(32-28(26)29(41)39-20(2)33-34-30(38)39)24-15-31-37(18-24)16-21-8-9-23-17-36(12-10-22(23)13-21)27(40)19-35(3)4/h8-9,13-15,18H,5-7,10-12,16-17,19H2,1-4H3/q+1. The number of rotatable bonds is 9. The minimum Gasteiger partial charge on any atom is -0.337 e. The van der Waals surface area contributed by atoms with Gasteiger partial charge in [0.2, 0.25) is 11.7 Å². The van der Waals surface area contributed by atoms with Gasteiger partial charge in [-0.05, 0) is 48.7 Å². The number of benzene rings is 1. The van der Waals surface area contributed by atoms with E-state index in [4.69, 9.17) is 4.99 Å². The Morgan fingerprint density at radius 3 is 2.80 bits per heavy atom.